The first-order chi connectivity index (χ1) is 21.4. The Labute approximate surface area is 260 Å². The van der Waals surface area contributed by atoms with Crippen molar-refractivity contribution in [3.05, 3.63) is 105 Å². The van der Waals surface area contributed by atoms with Gasteiger partial charge in [0.05, 0.1) is 0 Å². The average molecular weight is 628 g/mol. The Bertz CT molecular complexity index is 1770. The van der Waals surface area contributed by atoms with E-state index in [2.05, 4.69) is 103 Å². The summed E-state index contributed by atoms with van der Waals surface area (Å²) in [6.45, 7) is 1.50. The van der Waals surface area contributed by atoms with Gasteiger partial charge in [0.15, 0.2) is 0 Å². The van der Waals surface area contributed by atoms with E-state index in [1.54, 1.807) is 42.7 Å². The zero-order valence-corrected chi connectivity index (χ0v) is 28.0. The zero-order valence-electron chi connectivity index (χ0n) is 26.0. The third-order valence-corrected chi connectivity index (χ3v) is 14.0. The van der Waals surface area contributed by atoms with E-state index in [0.29, 0.717) is 4.48 Å². The molecule has 0 bridgehead atoms. The topological polar surface area (TPSA) is 67.4 Å². The van der Waals surface area contributed by atoms with Crippen molar-refractivity contribution in [3.63, 3.8) is 0 Å². The zero-order chi connectivity index (χ0) is 31.0. The Morgan fingerprint density at radius 3 is 1.18 bits per heavy atom. The lowest BCUT2D eigenvalue weighted by molar-refractivity contribution is -0.800. The molecule has 0 spiro atoms. The van der Waals surface area contributed by atoms with Crippen molar-refractivity contribution in [1.29, 1.82) is 0 Å². The Morgan fingerprint density at radius 2 is 0.818 bits per heavy atom. The van der Waals surface area contributed by atoms with Crippen molar-refractivity contribution >= 4 is 63.6 Å². The predicted molar refractivity (Wildman–Crippen MR) is 177 cm³/mol. The predicted octanol–water partition coefficient (Wildman–Crippen LogP) is 0.796. The number of rotatable bonds is 12. The maximum atomic E-state index is 5.72. The van der Waals surface area contributed by atoms with E-state index in [-0.39, 0.29) is 0 Å². The minimum Gasteiger partial charge on any atom is -0.373 e. The highest BCUT2D eigenvalue weighted by Crippen LogP contribution is 2.25. The molecule has 10 heteroatoms. The van der Waals surface area contributed by atoms with Crippen LogP contribution in [0.3, 0.4) is 0 Å². The van der Waals surface area contributed by atoms with Gasteiger partial charge in [-0.2, -0.15) is 0 Å². The molecule has 0 atom stereocenters. The molecule has 0 amide bonds. The second-order valence-electron chi connectivity index (χ2n) is 11.1. The van der Waals surface area contributed by atoms with Gasteiger partial charge in [-0.1, -0.05) is 60.7 Å². The van der Waals surface area contributed by atoms with Crippen molar-refractivity contribution < 1.29 is 31.0 Å². The van der Waals surface area contributed by atoms with Crippen molar-refractivity contribution in [2.75, 3.05) is 42.7 Å². The van der Waals surface area contributed by atoms with Gasteiger partial charge in [0.25, 0.3) is 0 Å². The lowest BCUT2D eigenvalue weighted by Gasteiger charge is -2.34. The smallest absolute Gasteiger partial charge is 0.373 e. The van der Waals surface area contributed by atoms with Gasteiger partial charge in [-0.25, -0.2) is 0 Å². The van der Waals surface area contributed by atoms with E-state index < -0.39 is 17.6 Å². The molecule has 0 fully saturated rings. The summed E-state index contributed by atoms with van der Waals surface area (Å²) >= 11 is 0. The maximum absolute atomic E-state index is 5.72. The molecule has 0 aliphatic carbocycles. The van der Waals surface area contributed by atoms with Crippen molar-refractivity contribution in [2.24, 2.45) is 0 Å². The molecule has 1 N–H and O–H groups in total. The first-order valence-electron chi connectivity index (χ1n) is 14.5. The number of benzene rings is 4. The number of hydrogen-bond donors (Lipinski definition) is 1. The first-order valence-corrected chi connectivity index (χ1v) is 17.9. The van der Waals surface area contributed by atoms with E-state index in [0.717, 1.165) is 23.5 Å². The molecule has 0 unspecified atom stereocenters. The fraction of sp³-hybridized carbons (Fsp3) is 0.235. The molecule has 6 rings (SSSR count). The molecular formula is C34H39N2O6Si2+. The van der Waals surface area contributed by atoms with Crippen LogP contribution in [0.15, 0.2) is 72.8 Å². The summed E-state index contributed by atoms with van der Waals surface area (Å²) in [5.74, 6) is 0. The molecular weight excluding hydrogens is 589 g/mol. The third-order valence-electron chi connectivity index (χ3n) is 8.74. The number of nitrogens with zero attached hydrogens (tertiary/aromatic N) is 1. The molecule has 0 aromatic heterocycles. The van der Waals surface area contributed by atoms with E-state index in [9.17, 15) is 0 Å². The second kappa shape index (κ2) is 12.2. The van der Waals surface area contributed by atoms with Crippen molar-refractivity contribution in [1.82, 2.24) is 5.32 Å². The average Bonchev–Trinajstić information content (AvgIpc) is 3.07. The SMILES string of the molecule is CO[Si](OC)(OC)c1ccc(C[N+]2(Cc3ccc([Si](OC)(OC)OC)cc3)C=c3ccc4c5c(ccc(c35)=C2)=CNC=4)cc1. The van der Waals surface area contributed by atoms with Gasteiger partial charge in [0.1, 0.15) is 25.5 Å². The Kier molecular flexibility index (Phi) is 8.46. The summed E-state index contributed by atoms with van der Waals surface area (Å²) in [6.07, 6.45) is 8.94. The molecule has 2 heterocycles. The summed E-state index contributed by atoms with van der Waals surface area (Å²) in [6, 6.07) is 25.8. The highest BCUT2D eigenvalue weighted by atomic mass is 28.4. The van der Waals surface area contributed by atoms with Crippen LogP contribution >= 0.6 is 0 Å². The Balaban J connectivity index is 1.45. The molecule has 4 aromatic rings. The quantitative estimate of drug-likeness (QED) is 0.184. The fourth-order valence-corrected chi connectivity index (χ4v) is 10.2. The third kappa shape index (κ3) is 5.18. The molecule has 2 aliphatic rings. The minimum absolute atomic E-state index is 0.605. The standard InChI is InChI=1S/C34H39N2O6Si2/c1-37-43(38-2,39-3)31-15-7-25(8-16-31)21-36(22-26-9-17-32(18-10-26)44(40-4,41-5)42-6)23-29-13-11-27-19-35-20-28-12-14-30(24-36)34(29)33(27)28/h7-20,23-24,35H,21-22H2,1-6H3/q+1. The van der Waals surface area contributed by atoms with Crippen molar-refractivity contribution in [3.8, 4) is 0 Å². The number of quaternary nitrogens is 1. The molecule has 2 aliphatic heterocycles. The van der Waals surface area contributed by atoms with Crippen LogP contribution in [0.25, 0.3) is 35.6 Å². The molecule has 0 radical (unpaired) electrons. The van der Waals surface area contributed by atoms with Gasteiger partial charge in [-0.15, -0.1) is 0 Å². The summed E-state index contributed by atoms with van der Waals surface area (Å²) in [5, 5.41) is 12.6. The van der Waals surface area contributed by atoms with Crippen molar-refractivity contribution in [2.45, 2.75) is 13.1 Å². The van der Waals surface area contributed by atoms with E-state index in [4.69, 9.17) is 26.6 Å². The monoisotopic (exact) mass is 627 g/mol. The summed E-state index contributed by atoms with van der Waals surface area (Å²) < 4.78 is 34.9. The number of nitrogens with one attached hydrogen (secondary N) is 1. The van der Waals surface area contributed by atoms with Crippen LogP contribution in [0.1, 0.15) is 11.1 Å². The van der Waals surface area contributed by atoms with E-state index >= 15 is 0 Å². The van der Waals surface area contributed by atoms with Gasteiger partial charge < -0.3 is 31.9 Å². The highest BCUT2D eigenvalue weighted by molar-refractivity contribution is 6.75. The van der Waals surface area contributed by atoms with Gasteiger partial charge in [-0.3, -0.25) is 4.48 Å². The van der Waals surface area contributed by atoms with E-state index in [1.807, 2.05) is 0 Å². The van der Waals surface area contributed by atoms with Crippen LogP contribution in [0, 0.1) is 0 Å². The largest absolute Gasteiger partial charge is 0.536 e. The number of hydrogen-bond acceptors (Lipinski definition) is 7. The first kappa shape index (κ1) is 30.6. The maximum Gasteiger partial charge on any atom is 0.536 e. The molecule has 8 nitrogen and oxygen atoms in total. The van der Waals surface area contributed by atoms with Crippen LogP contribution in [0.5, 0.6) is 0 Å². The molecule has 4 aromatic carbocycles. The van der Waals surface area contributed by atoms with Gasteiger partial charge in [0, 0.05) is 97.8 Å². The molecule has 0 saturated heterocycles. The normalized spacial score (nSPS) is 15.0. The second-order valence-corrected chi connectivity index (χ2v) is 16.9. The van der Waals surface area contributed by atoms with E-state index in [1.165, 1.54) is 42.8 Å². The minimum atomic E-state index is -2.93. The highest BCUT2D eigenvalue weighted by Gasteiger charge is 2.42. The van der Waals surface area contributed by atoms with Gasteiger partial charge in [0.2, 0.25) is 0 Å². The van der Waals surface area contributed by atoms with Gasteiger partial charge in [-0.05, 0) is 22.6 Å². The van der Waals surface area contributed by atoms with Gasteiger partial charge >= 0.3 is 17.6 Å². The fourth-order valence-electron chi connectivity index (χ4n) is 6.63. The van der Waals surface area contributed by atoms with Crippen LogP contribution in [0.2, 0.25) is 0 Å². The molecule has 44 heavy (non-hydrogen) atoms. The molecule has 0 saturated carbocycles. The van der Waals surface area contributed by atoms with Crippen LogP contribution in [-0.4, -0.2) is 64.8 Å². The van der Waals surface area contributed by atoms with Crippen LogP contribution in [-0.2, 0) is 39.6 Å². The lowest BCUT2D eigenvalue weighted by atomic mass is 9.98. The summed E-state index contributed by atoms with van der Waals surface area (Å²) in [5.41, 5.74) is 2.38. The molecule has 228 valence electrons. The summed E-state index contributed by atoms with van der Waals surface area (Å²) in [7, 11) is 3.95. The van der Waals surface area contributed by atoms with Crippen LogP contribution in [0.4, 0.5) is 0 Å². The Morgan fingerprint density at radius 1 is 0.477 bits per heavy atom. The Hall–Kier alpha value is -3.43. The summed E-state index contributed by atoms with van der Waals surface area (Å²) in [4.78, 5) is 0. The van der Waals surface area contributed by atoms with Crippen LogP contribution < -0.4 is 36.6 Å². The lowest BCUT2D eigenvalue weighted by Crippen LogP contribution is -2.54.